The molecule has 1 heterocycles. The topological polar surface area (TPSA) is 51.1 Å². The number of aryl methyl sites for hydroxylation is 1. The number of benzene rings is 1. The van der Waals surface area contributed by atoms with Gasteiger partial charge >= 0.3 is 0 Å². The highest BCUT2D eigenvalue weighted by molar-refractivity contribution is 7.98. The lowest BCUT2D eigenvalue weighted by molar-refractivity contribution is 0.0952. The maximum atomic E-state index is 11.9. The number of nitrogens with zero attached hydrogens (tertiary/aromatic N) is 1. The lowest BCUT2D eigenvalue weighted by Crippen LogP contribution is -2.26. The number of hydrogen-bond donors (Lipinski definition) is 1. The summed E-state index contributed by atoms with van der Waals surface area (Å²) in [5, 5.41) is 2.87. The fourth-order valence-corrected chi connectivity index (χ4v) is 2.35. The van der Waals surface area contributed by atoms with E-state index in [1.54, 1.807) is 28.6 Å². The zero-order valence-electron chi connectivity index (χ0n) is 11.9. The van der Waals surface area contributed by atoms with Gasteiger partial charge in [0.1, 0.15) is 0 Å². The van der Waals surface area contributed by atoms with E-state index >= 15 is 0 Å². The number of carbonyl (C=O) groups is 1. The number of rotatable bonds is 6. The van der Waals surface area contributed by atoms with Crippen molar-refractivity contribution in [3.63, 3.8) is 0 Å². The van der Waals surface area contributed by atoms with Crippen LogP contribution in [0, 0.1) is 0 Å². The summed E-state index contributed by atoms with van der Waals surface area (Å²) in [5.74, 6) is -0.0805. The predicted molar refractivity (Wildman–Crippen MR) is 85.9 cm³/mol. The number of carbonyl (C=O) groups excluding carboxylic acids is 1. The molecule has 21 heavy (non-hydrogen) atoms. The fourth-order valence-electron chi connectivity index (χ4n) is 1.94. The highest BCUT2D eigenvalue weighted by atomic mass is 32.2. The molecule has 1 N–H and O–H groups in total. The van der Waals surface area contributed by atoms with Gasteiger partial charge in [-0.25, -0.2) is 0 Å². The minimum absolute atomic E-state index is 0.0171. The normalized spacial score (nSPS) is 10.3. The van der Waals surface area contributed by atoms with Gasteiger partial charge in [0.25, 0.3) is 5.91 Å². The summed E-state index contributed by atoms with van der Waals surface area (Å²) >= 11 is 1.65. The zero-order valence-corrected chi connectivity index (χ0v) is 12.7. The van der Waals surface area contributed by atoms with Gasteiger partial charge in [-0.05, 0) is 43.0 Å². The molecular formula is C16H18N2O2S. The monoisotopic (exact) mass is 302 g/mol. The van der Waals surface area contributed by atoms with E-state index in [2.05, 4.69) is 5.32 Å². The van der Waals surface area contributed by atoms with Crippen molar-refractivity contribution in [2.45, 2.75) is 17.9 Å². The largest absolute Gasteiger partial charge is 0.352 e. The maximum absolute atomic E-state index is 11.9. The summed E-state index contributed by atoms with van der Waals surface area (Å²) in [6, 6.07) is 12.6. The highest BCUT2D eigenvalue weighted by Crippen LogP contribution is 2.14. The van der Waals surface area contributed by atoms with Gasteiger partial charge in [0, 0.05) is 35.8 Å². The summed E-state index contributed by atoms with van der Waals surface area (Å²) in [6.07, 6.45) is 4.48. The molecule has 0 aliphatic carbocycles. The molecule has 5 heteroatoms. The molecule has 0 aliphatic rings. The Morgan fingerprint density at radius 3 is 2.62 bits per heavy atom. The molecule has 1 aromatic heterocycles. The number of thioether (sulfide) groups is 1. The molecular weight excluding hydrogens is 284 g/mol. The standard InChI is InChI=1S/C16H18N2O2S/c1-21-14-8-6-13(7-9-14)16(20)17-10-4-12-18-11-3-2-5-15(18)19/h2-3,5-9,11H,4,10,12H2,1H3,(H,17,20). The van der Waals surface area contributed by atoms with Crippen LogP contribution in [0.2, 0.25) is 0 Å². The summed E-state index contributed by atoms with van der Waals surface area (Å²) in [6.45, 7) is 1.15. The minimum Gasteiger partial charge on any atom is -0.352 e. The van der Waals surface area contributed by atoms with E-state index in [0.717, 1.165) is 11.3 Å². The molecule has 2 aromatic rings. The van der Waals surface area contributed by atoms with Gasteiger partial charge in [0.05, 0.1) is 0 Å². The summed E-state index contributed by atoms with van der Waals surface area (Å²) in [7, 11) is 0. The Hall–Kier alpha value is -2.01. The first-order chi connectivity index (χ1) is 10.2. The van der Waals surface area contributed by atoms with Crippen LogP contribution in [0.15, 0.2) is 58.4 Å². The third-order valence-corrected chi connectivity index (χ3v) is 3.86. The van der Waals surface area contributed by atoms with Crippen LogP contribution in [0.25, 0.3) is 0 Å². The van der Waals surface area contributed by atoms with Gasteiger partial charge in [0.15, 0.2) is 0 Å². The Balaban J connectivity index is 1.79. The van der Waals surface area contributed by atoms with Crippen molar-refractivity contribution in [3.8, 4) is 0 Å². The van der Waals surface area contributed by atoms with E-state index in [1.807, 2.05) is 36.6 Å². The first-order valence-corrected chi connectivity index (χ1v) is 8.01. The van der Waals surface area contributed by atoms with Crippen LogP contribution >= 0.6 is 11.8 Å². The van der Waals surface area contributed by atoms with Crippen molar-refractivity contribution in [2.75, 3.05) is 12.8 Å². The highest BCUT2D eigenvalue weighted by Gasteiger charge is 2.04. The number of pyridine rings is 1. The van der Waals surface area contributed by atoms with E-state index in [1.165, 1.54) is 6.07 Å². The Bertz CT molecular complexity index is 650. The van der Waals surface area contributed by atoms with Gasteiger partial charge in [-0.2, -0.15) is 0 Å². The Kier molecular flexibility index (Phi) is 5.63. The number of aromatic nitrogens is 1. The average Bonchev–Trinajstić information content (AvgIpc) is 2.53. The van der Waals surface area contributed by atoms with Crippen molar-refractivity contribution in [1.82, 2.24) is 9.88 Å². The average molecular weight is 302 g/mol. The fraction of sp³-hybridized carbons (Fsp3) is 0.250. The quantitative estimate of drug-likeness (QED) is 0.658. The van der Waals surface area contributed by atoms with Gasteiger partial charge < -0.3 is 9.88 Å². The van der Waals surface area contributed by atoms with E-state index < -0.39 is 0 Å². The molecule has 0 saturated heterocycles. The van der Waals surface area contributed by atoms with Gasteiger partial charge in [-0.15, -0.1) is 11.8 Å². The molecule has 0 radical (unpaired) electrons. The van der Waals surface area contributed by atoms with Gasteiger partial charge in [0.2, 0.25) is 5.56 Å². The molecule has 0 unspecified atom stereocenters. The van der Waals surface area contributed by atoms with Crippen LogP contribution < -0.4 is 10.9 Å². The summed E-state index contributed by atoms with van der Waals surface area (Å²) in [5.41, 5.74) is 0.640. The SMILES string of the molecule is CSc1ccc(C(=O)NCCCn2ccccc2=O)cc1. The van der Waals surface area contributed by atoms with Crippen LogP contribution in [0.3, 0.4) is 0 Å². The molecule has 0 bridgehead atoms. The lowest BCUT2D eigenvalue weighted by atomic mass is 10.2. The van der Waals surface area contributed by atoms with Gasteiger partial charge in [-0.1, -0.05) is 6.07 Å². The first kappa shape index (κ1) is 15.4. The second kappa shape index (κ2) is 7.69. The van der Waals surface area contributed by atoms with Crippen LogP contribution in [-0.2, 0) is 6.54 Å². The van der Waals surface area contributed by atoms with Crippen LogP contribution in [0.4, 0.5) is 0 Å². The summed E-state index contributed by atoms with van der Waals surface area (Å²) in [4.78, 5) is 24.6. The van der Waals surface area contributed by atoms with E-state index in [0.29, 0.717) is 18.7 Å². The third kappa shape index (κ3) is 4.49. The number of hydrogen-bond acceptors (Lipinski definition) is 3. The van der Waals surface area contributed by atoms with Crippen LogP contribution in [0.5, 0.6) is 0 Å². The van der Waals surface area contributed by atoms with E-state index in [4.69, 9.17) is 0 Å². The number of nitrogens with one attached hydrogen (secondary N) is 1. The van der Waals surface area contributed by atoms with Crippen molar-refractivity contribution in [2.24, 2.45) is 0 Å². The zero-order chi connectivity index (χ0) is 15.1. The molecule has 1 amide bonds. The van der Waals surface area contributed by atoms with Crippen LogP contribution in [-0.4, -0.2) is 23.3 Å². The maximum Gasteiger partial charge on any atom is 0.251 e. The smallest absolute Gasteiger partial charge is 0.251 e. The van der Waals surface area contributed by atoms with Crippen molar-refractivity contribution >= 4 is 17.7 Å². The Morgan fingerprint density at radius 1 is 1.19 bits per heavy atom. The molecule has 0 saturated carbocycles. The second-order valence-electron chi connectivity index (χ2n) is 4.57. The molecule has 0 fully saturated rings. The molecule has 2 rings (SSSR count). The molecule has 0 atom stereocenters. The van der Waals surface area contributed by atoms with Gasteiger partial charge in [-0.3, -0.25) is 9.59 Å². The molecule has 1 aromatic carbocycles. The number of amides is 1. The predicted octanol–water partition coefficient (Wildman–Crippen LogP) is 2.39. The summed E-state index contributed by atoms with van der Waals surface area (Å²) < 4.78 is 1.64. The first-order valence-electron chi connectivity index (χ1n) is 6.78. The second-order valence-corrected chi connectivity index (χ2v) is 5.45. The lowest BCUT2D eigenvalue weighted by Gasteiger charge is -2.07. The Labute approximate surface area is 128 Å². The molecule has 0 spiro atoms. The molecule has 110 valence electrons. The Morgan fingerprint density at radius 2 is 1.95 bits per heavy atom. The van der Waals surface area contributed by atoms with E-state index in [-0.39, 0.29) is 11.5 Å². The van der Waals surface area contributed by atoms with Crippen LogP contribution in [0.1, 0.15) is 16.8 Å². The minimum atomic E-state index is -0.0805. The van der Waals surface area contributed by atoms with Crippen molar-refractivity contribution < 1.29 is 4.79 Å². The third-order valence-electron chi connectivity index (χ3n) is 3.11. The van der Waals surface area contributed by atoms with Crippen molar-refractivity contribution in [3.05, 3.63) is 64.6 Å². The molecule has 0 aliphatic heterocycles. The van der Waals surface area contributed by atoms with Crippen molar-refractivity contribution in [1.29, 1.82) is 0 Å². The van der Waals surface area contributed by atoms with E-state index in [9.17, 15) is 9.59 Å². The molecule has 4 nitrogen and oxygen atoms in total.